The van der Waals surface area contributed by atoms with Crippen molar-refractivity contribution in [2.24, 2.45) is 0 Å². The molecule has 0 aromatic heterocycles. The van der Waals surface area contributed by atoms with E-state index in [0.29, 0.717) is 0 Å². The molecule has 0 bridgehead atoms. The van der Waals surface area contributed by atoms with Crippen LogP contribution in [0.1, 0.15) is 26.3 Å². The van der Waals surface area contributed by atoms with Crippen molar-refractivity contribution in [2.75, 3.05) is 0 Å². The summed E-state index contributed by atoms with van der Waals surface area (Å²) in [5.41, 5.74) is 1.71. The summed E-state index contributed by atoms with van der Waals surface area (Å²) < 4.78 is 0. The molecule has 1 heteroatoms. The Morgan fingerprint density at radius 1 is 0.636 bits per heavy atom. The quantitative estimate of drug-likeness (QED) is 0.391. The zero-order chi connectivity index (χ0) is 16.1. The molecular weight excluding hydrogens is 280 g/mol. The van der Waals surface area contributed by atoms with Gasteiger partial charge in [-0.15, -0.1) is 0 Å². The van der Waals surface area contributed by atoms with Crippen LogP contribution in [0.25, 0.3) is 21.5 Å². The van der Waals surface area contributed by atoms with Crippen molar-refractivity contribution < 1.29 is 0 Å². The molecule has 3 aromatic rings. The van der Waals surface area contributed by atoms with E-state index in [9.17, 15) is 0 Å². The highest BCUT2D eigenvalue weighted by Crippen LogP contribution is 2.35. The molecule has 0 spiro atoms. The Hall–Kier alpha value is -1.60. The van der Waals surface area contributed by atoms with Crippen molar-refractivity contribution in [3.8, 4) is 0 Å². The van der Waals surface area contributed by atoms with Gasteiger partial charge in [0.05, 0.1) is 8.07 Å². The van der Waals surface area contributed by atoms with Crippen LogP contribution in [0.2, 0.25) is 19.6 Å². The van der Waals surface area contributed by atoms with E-state index in [1.165, 1.54) is 21.5 Å². The third-order valence-electron chi connectivity index (χ3n) is 4.43. The molecule has 0 nitrogen and oxygen atoms in total. The van der Waals surface area contributed by atoms with E-state index in [4.69, 9.17) is 0 Å². The first-order valence-electron chi connectivity index (χ1n) is 8.15. The minimum absolute atomic E-state index is 0.152. The van der Waals surface area contributed by atoms with Gasteiger partial charge in [0.1, 0.15) is 0 Å². The van der Waals surface area contributed by atoms with E-state index in [2.05, 4.69) is 88.9 Å². The SMILES string of the molecule is CC(C)(C)c1c([Si](C)(C)C)c2ccccc2c2ccccc12. The van der Waals surface area contributed by atoms with Crippen molar-refractivity contribution in [1.29, 1.82) is 0 Å². The van der Waals surface area contributed by atoms with Gasteiger partial charge < -0.3 is 0 Å². The molecule has 0 aliphatic carbocycles. The second-order valence-electron chi connectivity index (χ2n) is 8.34. The van der Waals surface area contributed by atoms with Crippen LogP contribution in [0.4, 0.5) is 0 Å². The summed E-state index contributed by atoms with van der Waals surface area (Å²) in [6.07, 6.45) is 0. The maximum Gasteiger partial charge on any atom is 0.0788 e. The molecule has 0 saturated heterocycles. The van der Waals surface area contributed by atoms with E-state index in [-0.39, 0.29) is 5.41 Å². The predicted octanol–water partition coefficient (Wildman–Crippen LogP) is 5.84. The molecule has 3 aromatic carbocycles. The maximum atomic E-state index is 2.47. The van der Waals surface area contributed by atoms with E-state index < -0.39 is 8.07 Å². The molecule has 0 unspecified atom stereocenters. The fourth-order valence-electron chi connectivity index (χ4n) is 3.70. The Kier molecular flexibility index (Phi) is 3.45. The standard InChI is InChI=1S/C21H26Si/c1-21(2,3)19-17-13-9-7-11-15(17)16-12-8-10-14-18(16)20(19)22(4,5)6/h7-14H,1-6H3. The predicted molar refractivity (Wildman–Crippen MR) is 103 cm³/mol. The minimum Gasteiger partial charge on any atom is -0.0656 e. The summed E-state index contributed by atoms with van der Waals surface area (Å²) in [6, 6.07) is 17.9. The fourth-order valence-corrected chi connectivity index (χ4v) is 5.99. The molecule has 0 N–H and O–H groups in total. The van der Waals surface area contributed by atoms with Gasteiger partial charge in [0.25, 0.3) is 0 Å². The van der Waals surface area contributed by atoms with E-state index in [1.54, 1.807) is 10.8 Å². The molecule has 0 amide bonds. The lowest BCUT2D eigenvalue weighted by atomic mass is 9.81. The molecule has 0 aliphatic rings. The van der Waals surface area contributed by atoms with E-state index >= 15 is 0 Å². The van der Waals surface area contributed by atoms with Crippen LogP contribution in [0.5, 0.6) is 0 Å². The molecular formula is C21H26Si. The first-order chi connectivity index (χ1) is 10.2. The van der Waals surface area contributed by atoms with Gasteiger partial charge in [-0.3, -0.25) is 0 Å². The molecule has 3 rings (SSSR count). The van der Waals surface area contributed by atoms with Crippen LogP contribution in [0, 0.1) is 0 Å². The second kappa shape index (κ2) is 4.96. The highest BCUT2D eigenvalue weighted by Gasteiger charge is 2.30. The molecule has 0 saturated carbocycles. The van der Waals surface area contributed by atoms with Gasteiger partial charge in [-0.2, -0.15) is 0 Å². The largest absolute Gasteiger partial charge is 0.0788 e. The van der Waals surface area contributed by atoms with Gasteiger partial charge in [0.2, 0.25) is 0 Å². The Bertz CT molecular complexity index is 773. The van der Waals surface area contributed by atoms with E-state index in [0.717, 1.165) is 0 Å². The smallest absolute Gasteiger partial charge is 0.0656 e. The van der Waals surface area contributed by atoms with Gasteiger partial charge in [0.15, 0.2) is 0 Å². The molecule has 0 atom stereocenters. The lowest BCUT2D eigenvalue weighted by Gasteiger charge is -2.32. The zero-order valence-electron chi connectivity index (χ0n) is 14.6. The summed E-state index contributed by atoms with van der Waals surface area (Å²) in [4.78, 5) is 0. The average molecular weight is 307 g/mol. The molecule has 0 radical (unpaired) electrons. The Labute approximate surface area is 135 Å². The highest BCUT2D eigenvalue weighted by atomic mass is 28.3. The maximum absolute atomic E-state index is 2.47. The monoisotopic (exact) mass is 306 g/mol. The van der Waals surface area contributed by atoms with E-state index in [1.807, 2.05) is 0 Å². The second-order valence-corrected chi connectivity index (χ2v) is 13.3. The molecule has 114 valence electrons. The van der Waals surface area contributed by atoms with Gasteiger partial charge in [0, 0.05) is 0 Å². The van der Waals surface area contributed by atoms with Crippen LogP contribution in [0.3, 0.4) is 0 Å². The van der Waals surface area contributed by atoms with Gasteiger partial charge in [-0.25, -0.2) is 0 Å². The highest BCUT2D eigenvalue weighted by molar-refractivity contribution is 6.91. The molecule has 22 heavy (non-hydrogen) atoms. The fraction of sp³-hybridized carbons (Fsp3) is 0.333. The Morgan fingerprint density at radius 2 is 1.05 bits per heavy atom. The summed E-state index contributed by atoms with van der Waals surface area (Å²) in [7, 11) is -1.47. The van der Waals surface area contributed by atoms with Crippen LogP contribution in [0.15, 0.2) is 48.5 Å². The number of hydrogen-bond acceptors (Lipinski definition) is 0. The topological polar surface area (TPSA) is 0 Å². The van der Waals surface area contributed by atoms with Gasteiger partial charge in [-0.1, -0.05) is 88.9 Å². The lowest BCUT2D eigenvalue weighted by Crippen LogP contribution is -2.43. The Balaban J connectivity index is 2.68. The summed E-state index contributed by atoms with van der Waals surface area (Å²) >= 11 is 0. The third-order valence-corrected chi connectivity index (χ3v) is 6.45. The summed E-state index contributed by atoms with van der Waals surface area (Å²) in [5, 5.41) is 7.33. The Morgan fingerprint density at radius 3 is 1.50 bits per heavy atom. The normalized spacial score (nSPS) is 13.0. The third kappa shape index (κ3) is 2.38. The molecule has 0 aliphatic heterocycles. The van der Waals surface area contributed by atoms with Crippen molar-refractivity contribution in [1.82, 2.24) is 0 Å². The van der Waals surface area contributed by atoms with Crippen LogP contribution >= 0.6 is 0 Å². The minimum atomic E-state index is -1.47. The van der Waals surface area contributed by atoms with Crippen LogP contribution in [-0.4, -0.2) is 8.07 Å². The van der Waals surface area contributed by atoms with Crippen molar-refractivity contribution in [2.45, 2.75) is 45.8 Å². The van der Waals surface area contributed by atoms with Crippen LogP contribution in [-0.2, 0) is 5.41 Å². The first kappa shape index (κ1) is 15.3. The van der Waals surface area contributed by atoms with Crippen molar-refractivity contribution in [3.05, 3.63) is 54.1 Å². The average Bonchev–Trinajstić information content (AvgIpc) is 2.43. The first-order valence-corrected chi connectivity index (χ1v) is 11.7. The van der Waals surface area contributed by atoms with Gasteiger partial charge in [-0.05, 0) is 37.7 Å². The van der Waals surface area contributed by atoms with Crippen molar-refractivity contribution >= 4 is 34.8 Å². The number of benzene rings is 3. The summed E-state index contributed by atoms with van der Waals surface area (Å²) in [6.45, 7) is 14.5. The number of fused-ring (bicyclic) bond motifs is 3. The zero-order valence-corrected chi connectivity index (χ0v) is 15.6. The molecule has 0 fully saturated rings. The van der Waals surface area contributed by atoms with Crippen LogP contribution < -0.4 is 5.19 Å². The molecule has 0 heterocycles. The number of rotatable bonds is 1. The van der Waals surface area contributed by atoms with Crippen molar-refractivity contribution in [3.63, 3.8) is 0 Å². The lowest BCUT2D eigenvalue weighted by molar-refractivity contribution is 0.599. The van der Waals surface area contributed by atoms with Gasteiger partial charge >= 0.3 is 0 Å². The summed E-state index contributed by atoms with van der Waals surface area (Å²) in [5.74, 6) is 0. The number of hydrogen-bond donors (Lipinski definition) is 0.